The molecule has 1 N–H and O–H groups in total. The molecule has 1 aliphatic rings. The summed E-state index contributed by atoms with van der Waals surface area (Å²) in [5.74, 6) is -0.881. The number of rotatable bonds is 5. The van der Waals surface area contributed by atoms with Crippen molar-refractivity contribution in [1.82, 2.24) is 10.2 Å². The highest BCUT2D eigenvalue weighted by atomic mass is 16.2. The number of hydrogen-bond donors (Lipinski definition) is 1. The zero-order chi connectivity index (χ0) is 18.9. The van der Waals surface area contributed by atoms with Gasteiger partial charge < -0.3 is 5.32 Å². The highest BCUT2D eigenvalue weighted by Gasteiger charge is 2.40. The molecule has 1 heterocycles. The third-order valence-corrected chi connectivity index (χ3v) is 4.75. The Kier molecular flexibility index (Phi) is 4.64. The second-order valence-electron chi connectivity index (χ2n) is 7.24. The van der Waals surface area contributed by atoms with Crippen LogP contribution in [0.1, 0.15) is 45.7 Å². The minimum Gasteiger partial charge on any atom is -0.351 e. The van der Waals surface area contributed by atoms with E-state index in [1.807, 2.05) is 31.2 Å². The predicted molar refractivity (Wildman–Crippen MR) is 98.6 cm³/mol. The number of amides is 3. The van der Waals surface area contributed by atoms with Gasteiger partial charge in [0.25, 0.3) is 11.8 Å². The van der Waals surface area contributed by atoms with Gasteiger partial charge in [0.1, 0.15) is 0 Å². The van der Waals surface area contributed by atoms with Gasteiger partial charge in [-0.2, -0.15) is 0 Å². The van der Waals surface area contributed by atoms with E-state index in [-0.39, 0.29) is 24.3 Å². The third-order valence-electron chi connectivity index (χ3n) is 4.75. The lowest BCUT2D eigenvalue weighted by Crippen LogP contribution is -2.46. The van der Waals surface area contributed by atoms with Gasteiger partial charge in [-0.25, -0.2) is 0 Å². The quantitative estimate of drug-likeness (QED) is 0.843. The van der Waals surface area contributed by atoms with E-state index >= 15 is 0 Å². The molecule has 0 spiro atoms. The number of aryl methyl sites for hydroxylation is 1. The Labute approximate surface area is 153 Å². The van der Waals surface area contributed by atoms with Crippen molar-refractivity contribution in [2.45, 2.75) is 27.3 Å². The Morgan fingerprint density at radius 2 is 1.50 bits per heavy atom. The average molecular weight is 350 g/mol. The molecule has 5 nitrogen and oxygen atoms in total. The normalized spacial score (nSPS) is 13.7. The van der Waals surface area contributed by atoms with Gasteiger partial charge in [-0.1, -0.05) is 36.4 Å². The Balaban J connectivity index is 1.69. The molecule has 0 atom stereocenters. The standard InChI is InChI=1S/C21H22N2O3/c1-14-8-4-5-9-15(14)12-22-20(26)21(2,3)13-23-18(24)16-10-6-7-11-17(16)19(23)25/h4-11H,12-13H2,1-3H3,(H,22,26). The number of nitrogens with zero attached hydrogens (tertiary/aromatic N) is 1. The number of fused-ring (bicyclic) bond motifs is 1. The lowest BCUT2D eigenvalue weighted by Gasteiger charge is -2.28. The van der Waals surface area contributed by atoms with Gasteiger partial charge in [0.2, 0.25) is 5.91 Å². The van der Waals surface area contributed by atoms with Gasteiger partial charge in [0.05, 0.1) is 16.5 Å². The van der Waals surface area contributed by atoms with E-state index in [9.17, 15) is 14.4 Å². The molecule has 2 aromatic carbocycles. The smallest absolute Gasteiger partial charge is 0.261 e. The Bertz CT molecular complexity index is 851. The SMILES string of the molecule is Cc1ccccc1CNC(=O)C(C)(C)CN1C(=O)c2ccccc2C1=O. The number of hydrogen-bond acceptors (Lipinski definition) is 3. The van der Waals surface area contributed by atoms with Crippen LogP contribution in [0.15, 0.2) is 48.5 Å². The first-order chi connectivity index (χ1) is 12.3. The lowest BCUT2D eigenvalue weighted by atomic mass is 9.91. The van der Waals surface area contributed by atoms with E-state index in [2.05, 4.69) is 5.32 Å². The summed E-state index contributed by atoms with van der Waals surface area (Å²) >= 11 is 0. The van der Waals surface area contributed by atoms with E-state index in [0.29, 0.717) is 17.7 Å². The summed E-state index contributed by atoms with van der Waals surface area (Å²) in [7, 11) is 0. The first-order valence-electron chi connectivity index (χ1n) is 8.59. The zero-order valence-electron chi connectivity index (χ0n) is 15.2. The van der Waals surface area contributed by atoms with Crippen LogP contribution in [0.2, 0.25) is 0 Å². The second kappa shape index (κ2) is 6.75. The molecule has 0 bridgehead atoms. The van der Waals surface area contributed by atoms with Crippen LogP contribution in [-0.4, -0.2) is 29.2 Å². The van der Waals surface area contributed by atoms with E-state index in [1.165, 1.54) is 0 Å². The molecule has 0 radical (unpaired) electrons. The van der Waals surface area contributed by atoms with Crippen LogP contribution in [0, 0.1) is 12.3 Å². The summed E-state index contributed by atoms with van der Waals surface area (Å²) in [4.78, 5) is 38.8. The minimum atomic E-state index is -0.893. The predicted octanol–water partition coefficient (Wildman–Crippen LogP) is 2.93. The molecule has 5 heteroatoms. The van der Waals surface area contributed by atoms with E-state index in [0.717, 1.165) is 16.0 Å². The van der Waals surface area contributed by atoms with Crippen molar-refractivity contribution < 1.29 is 14.4 Å². The highest BCUT2D eigenvalue weighted by Crippen LogP contribution is 2.27. The van der Waals surface area contributed by atoms with Crippen LogP contribution in [-0.2, 0) is 11.3 Å². The highest BCUT2D eigenvalue weighted by molar-refractivity contribution is 6.21. The topological polar surface area (TPSA) is 66.5 Å². The van der Waals surface area contributed by atoms with Gasteiger partial charge in [-0.05, 0) is 44.0 Å². The Morgan fingerprint density at radius 1 is 0.962 bits per heavy atom. The van der Waals surface area contributed by atoms with Gasteiger partial charge >= 0.3 is 0 Å². The number of carbonyl (C=O) groups is 3. The van der Waals surface area contributed by atoms with Crippen LogP contribution in [0.4, 0.5) is 0 Å². The molecule has 0 fully saturated rings. The van der Waals surface area contributed by atoms with Crippen molar-refractivity contribution in [3.05, 3.63) is 70.8 Å². The molecule has 0 saturated carbocycles. The molecule has 134 valence electrons. The molecule has 3 amide bonds. The van der Waals surface area contributed by atoms with Crippen LogP contribution in [0.5, 0.6) is 0 Å². The summed E-state index contributed by atoms with van der Waals surface area (Å²) in [6.45, 7) is 5.93. The Morgan fingerprint density at radius 3 is 2.08 bits per heavy atom. The van der Waals surface area contributed by atoms with E-state index in [4.69, 9.17) is 0 Å². The Hall–Kier alpha value is -2.95. The fraction of sp³-hybridized carbons (Fsp3) is 0.286. The molecule has 26 heavy (non-hydrogen) atoms. The maximum Gasteiger partial charge on any atom is 0.261 e. The van der Waals surface area contributed by atoms with Crippen molar-refractivity contribution in [2.75, 3.05) is 6.54 Å². The number of benzene rings is 2. The molecular weight excluding hydrogens is 328 g/mol. The summed E-state index contributed by atoms with van der Waals surface area (Å²) in [5.41, 5.74) is 2.04. The fourth-order valence-corrected chi connectivity index (χ4v) is 3.07. The summed E-state index contributed by atoms with van der Waals surface area (Å²) < 4.78 is 0. The molecule has 0 unspecified atom stereocenters. The van der Waals surface area contributed by atoms with Crippen LogP contribution < -0.4 is 5.32 Å². The van der Waals surface area contributed by atoms with Crippen LogP contribution >= 0.6 is 0 Å². The van der Waals surface area contributed by atoms with Gasteiger partial charge in [0, 0.05) is 13.1 Å². The number of carbonyl (C=O) groups excluding carboxylic acids is 3. The van der Waals surface area contributed by atoms with Gasteiger partial charge in [0.15, 0.2) is 0 Å². The first kappa shape index (κ1) is 17.9. The van der Waals surface area contributed by atoms with Gasteiger partial charge in [-0.15, -0.1) is 0 Å². The van der Waals surface area contributed by atoms with Crippen molar-refractivity contribution in [3.63, 3.8) is 0 Å². The molecule has 2 aromatic rings. The monoisotopic (exact) mass is 350 g/mol. The summed E-state index contributed by atoms with van der Waals surface area (Å²) in [6.07, 6.45) is 0. The van der Waals surface area contributed by atoms with Crippen molar-refractivity contribution >= 4 is 17.7 Å². The molecule has 0 aromatic heterocycles. The number of nitrogens with one attached hydrogen (secondary N) is 1. The lowest BCUT2D eigenvalue weighted by molar-refractivity contribution is -0.129. The summed E-state index contributed by atoms with van der Waals surface area (Å²) in [5, 5.41) is 2.92. The van der Waals surface area contributed by atoms with Crippen molar-refractivity contribution in [3.8, 4) is 0 Å². The zero-order valence-corrected chi connectivity index (χ0v) is 15.2. The molecule has 0 saturated heterocycles. The van der Waals surface area contributed by atoms with E-state index < -0.39 is 5.41 Å². The third kappa shape index (κ3) is 3.25. The minimum absolute atomic E-state index is 0.0406. The average Bonchev–Trinajstić information content (AvgIpc) is 2.86. The number of imide groups is 1. The largest absolute Gasteiger partial charge is 0.351 e. The molecular formula is C21H22N2O3. The van der Waals surface area contributed by atoms with Crippen molar-refractivity contribution in [1.29, 1.82) is 0 Å². The van der Waals surface area contributed by atoms with Crippen LogP contribution in [0.3, 0.4) is 0 Å². The fourth-order valence-electron chi connectivity index (χ4n) is 3.07. The van der Waals surface area contributed by atoms with E-state index in [1.54, 1.807) is 38.1 Å². The van der Waals surface area contributed by atoms with Crippen LogP contribution in [0.25, 0.3) is 0 Å². The first-order valence-corrected chi connectivity index (χ1v) is 8.59. The second-order valence-corrected chi connectivity index (χ2v) is 7.24. The van der Waals surface area contributed by atoms with Gasteiger partial charge in [-0.3, -0.25) is 19.3 Å². The maximum atomic E-state index is 12.7. The molecule has 1 aliphatic heterocycles. The molecule has 3 rings (SSSR count). The maximum absolute atomic E-state index is 12.7. The van der Waals surface area contributed by atoms with Crippen molar-refractivity contribution in [2.24, 2.45) is 5.41 Å². The summed E-state index contributed by atoms with van der Waals surface area (Å²) in [6, 6.07) is 14.6. The molecule has 0 aliphatic carbocycles.